The van der Waals surface area contributed by atoms with Crippen molar-refractivity contribution in [2.45, 2.75) is 43.5 Å². The molecule has 1 aromatic rings. The second kappa shape index (κ2) is 4.78. The van der Waals surface area contributed by atoms with Gasteiger partial charge in [0.25, 0.3) is 0 Å². The Morgan fingerprint density at radius 1 is 1.40 bits per heavy atom. The lowest BCUT2D eigenvalue weighted by atomic mass is 9.80. The fraction of sp³-hybridized carbons (Fsp3) is 0.500. The Hall–Kier alpha value is -1.54. The van der Waals surface area contributed by atoms with Crippen molar-refractivity contribution in [3.05, 3.63) is 33.6 Å². The minimum absolute atomic E-state index is 0.142. The van der Waals surface area contributed by atoms with E-state index in [4.69, 9.17) is 0 Å². The number of nitrogens with zero attached hydrogens (tertiary/aromatic N) is 1. The second-order valence-corrected chi connectivity index (χ2v) is 7.00. The van der Waals surface area contributed by atoms with Crippen molar-refractivity contribution < 1.29 is 17.7 Å². The zero-order valence-electron chi connectivity index (χ0n) is 11.1. The minimum Gasteiger partial charge on any atom is -0.258 e. The van der Waals surface area contributed by atoms with E-state index in [1.807, 2.05) is 0 Å². The predicted octanol–water partition coefficient (Wildman–Crippen LogP) is 2.26. The number of sulfonamides is 1. The Labute approximate surface area is 116 Å². The average Bonchev–Trinajstić information content (AvgIpc) is 2.25. The highest BCUT2D eigenvalue weighted by Gasteiger charge is 2.37. The molecule has 1 aliphatic carbocycles. The van der Waals surface area contributed by atoms with E-state index >= 15 is 0 Å². The standard InChI is InChI=1S/C12H15FN2O4S/c1-8-6-9(13)10(15(16)17)7-11(8)20(18,19)14-12(2)4-3-5-12/h6-7,14H,3-5H2,1-2H3. The second-order valence-electron chi connectivity index (χ2n) is 5.35. The summed E-state index contributed by atoms with van der Waals surface area (Å²) in [6, 6.07) is 1.64. The number of nitro benzene ring substituents is 1. The van der Waals surface area contributed by atoms with Gasteiger partial charge in [-0.15, -0.1) is 0 Å². The van der Waals surface area contributed by atoms with Gasteiger partial charge < -0.3 is 0 Å². The number of rotatable bonds is 4. The van der Waals surface area contributed by atoms with E-state index in [2.05, 4.69) is 4.72 Å². The molecule has 8 heteroatoms. The molecule has 0 radical (unpaired) electrons. The first-order valence-electron chi connectivity index (χ1n) is 6.13. The van der Waals surface area contributed by atoms with Crippen molar-refractivity contribution in [3.63, 3.8) is 0 Å². The Balaban J connectivity index is 2.45. The molecule has 1 aliphatic rings. The summed E-state index contributed by atoms with van der Waals surface area (Å²) in [7, 11) is -3.90. The summed E-state index contributed by atoms with van der Waals surface area (Å²) in [5.41, 5.74) is -1.22. The lowest BCUT2D eigenvalue weighted by molar-refractivity contribution is -0.387. The monoisotopic (exact) mass is 302 g/mol. The van der Waals surface area contributed by atoms with E-state index in [-0.39, 0.29) is 10.5 Å². The molecule has 0 heterocycles. The first kappa shape index (κ1) is 14.9. The molecule has 0 aliphatic heterocycles. The molecule has 0 amide bonds. The lowest BCUT2D eigenvalue weighted by Crippen LogP contribution is -2.50. The highest BCUT2D eigenvalue weighted by molar-refractivity contribution is 7.89. The first-order chi connectivity index (χ1) is 9.15. The van der Waals surface area contributed by atoms with E-state index in [9.17, 15) is 22.9 Å². The SMILES string of the molecule is Cc1cc(F)c([N+](=O)[O-])cc1S(=O)(=O)NC1(C)CCC1. The van der Waals surface area contributed by atoms with E-state index in [0.29, 0.717) is 12.8 Å². The molecule has 1 aromatic carbocycles. The zero-order chi connectivity index (χ0) is 15.1. The maximum absolute atomic E-state index is 13.4. The summed E-state index contributed by atoms with van der Waals surface area (Å²) < 4.78 is 40.5. The number of benzene rings is 1. The highest BCUT2D eigenvalue weighted by Crippen LogP contribution is 2.34. The summed E-state index contributed by atoms with van der Waals surface area (Å²) in [6.45, 7) is 3.19. The van der Waals surface area contributed by atoms with Crippen LogP contribution in [0.1, 0.15) is 31.7 Å². The Morgan fingerprint density at radius 2 is 2.00 bits per heavy atom. The molecular formula is C12H15FN2O4S. The van der Waals surface area contributed by atoms with Crippen LogP contribution in [0.4, 0.5) is 10.1 Å². The summed E-state index contributed by atoms with van der Waals surface area (Å²) in [5, 5.41) is 10.7. The minimum atomic E-state index is -3.90. The third-order valence-electron chi connectivity index (χ3n) is 3.57. The number of aryl methyl sites for hydroxylation is 1. The Kier molecular flexibility index (Phi) is 3.55. The molecule has 6 nitrogen and oxygen atoms in total. The third-order valence-corrected chi connectivity index (χ3v) is 5.35. The van der Waals surface area contributed by atoms with E-state index in [0.717, 1.165) is 18.6 Å². The van der Waals surface area contributed by atoms with Crippen molar-refractivity contribution >= 4 is 15.7 Å². The van der Waals surface area contributed by atoms with Crippen LogP contribution in [0, 0.1) is 22.9 Å². The smallest absolute Gasteiger partial charge is 0.258 e. The van der Waals surface area contributed by atoms with Crippen molar-refractivity contribution in [2.75, 3.05) is 0 Å². The van der Waals surface area contributed by atoms with Crippen LogP contribution in [0.3, 0.4) is 0 Å². The fourth-order valence-electron chi connectivity index (χ4n) is 2.26. The molecule has 110 valence electrons. The number of nitro groups is 1. The number of halogens is 1. The maximum atomic E-state index is 13.4. The van der Waals surface area contributed by atoms with Gasteiger partial charge in [0.2, 0.25) is 15.8 Å². The van der Waals surface area contributed by atoms with Gasteiger partial charge in [-0.1, -0.05) is 0 Å². The van der Waals surface area contributed by atoms with Crippen LogP contribution in [0.5, 0.6) is 0 Å². The molecule has 0 atom stereocenters. The quantitative estimate of drug-likeness (QED) is 0.682. The van der Waals surface area contributed by atoms with Gasteiger partial charge >= 0.3 is 5.69 Å². The van der Waals surface area contributed by atoms with Gasteiger partial charge in [-0.05, 0) is 44.7 Å². The van der Waals surface area contributed by atoms with E-state index < -0.39 is 32.0 Å². The van der Waals surface area contributed by atoms with Crippen molar-refractivity contribution in [2.24, 2.45) is 0 Å². The van der Waals surface area contributed by atoms with Crippen LogP contribution in [-0.4, -0.2) is 18.9 Å². The first-order valence-corrected chi connectivity index (χ1v) is 7.61. The molecular weight excluding hydrogens is 287 g/mol. The predicted molar refractivity (Wildman–Crippen MR) is 70.4 cm³/mol. The number of nitrogens with one attached hydrogen (secondary N) is 1. The van der Waals surface area contributed by atoms with E-state index in [1.54, 1.807) is 6.92 Å². The summed E-state index contributed by atoms with van der Waals surface area (Å²) in [4.78, 5) is 9.53. The average molecular weight is 302 g/mol. The fourth-order valence-corrected chi connectivity index (χ4v) is 3.97. The highest BCUT2D eigenvalue weighted by atomic mass is 32.2. The molecule has 0 aromatic heterocycles. The molecule has 0 bridgehead atoms. The third kappa shape index (κ3) is 2.66. The normalized spacial score (nSPS) is 17.6. The summed E-state index contributed by atoms with van der Waals surface area (Å²) in [5.74, 6) is -1.04. The topological polar surface area (TPSA) is 89.3 Å². The number of hydrogen-bond acceptors (Lipinski definition) is 4. The number of hydrogen-bond donors (Lipinski definition) is 1. The van der Waals surface area contributed by atoms with Gasteiger partial charge in [0.15, 0.2) is 0 Å². The molecule has 20 heavy (non-hydrogen) atoms. The lowest BCUT2D eigenvalue weighted by Gasteiger charge is -2.38. The van der Waals surface area contributed by atoms with Crippen molar-refractivity contribution in [1.82, 2.24) is 4.72 Å². The molecule has 0 saturated heterocycles. The molecule has 0 spiro atoms. The van der Waals surface area contributed by atoms with Crippen LogP contribution in [0.15, 0.2) is 17.0 Å². The van der Waals surface area contributed by atoms with Gasteiger partial charge in [0.05, 0.1) is 9.82 Å². The Morgan fingerprint density at radius 3 is 2.45 bits per heavy atom. The summed E-state index contributed by atoms with van der Waals surface area (Å²) >= 11 is 0. The maximum Gasteiger partial charge on any atom is 0.306 e. The van der Waals surface area contributed by atoms with Crippen molar-refractivity contribution in [3.8, 4) is 0 Å². The van der Waals surface area contributed by atoms with Gasteiger partial charge in [0, 0.05) is 11.6 Å². The Bertz CT molecular complexity index is 668. The molecule has 1 fully saturated rings. The largest absolute Gasteiger partial charge is 0.306 e. The molecule has 2 rings (SSSR count). The van der Waals surface area contributed by atoms with Crippen LogP contribution in [0.25, 0.3) is 0 Å². The van der Waals surface area contributed by atoms with Gasteiger partial charge in [-0.2, -0.15) is 4.39 Å². The molecule has 1 saturated carbocycles. The van der Waals surface area contributed by atoms with Crippen LogP contribution in [-0.2, 0) is 10.0 Å². The van der Waals surface area contributed by atoms with Crippen LogP contribution < -0.4 is 4.72 Å². The zero-order valence-corrected chi connectivity index (χ0v) is 12.0. The molecule has 1 N–H and O–H groups in total. The van der Waals surface area contributed by atoms with Gasteiger partial charge in [0.1, 0.15) is 0 Å². The van der Waals surface area contributed by atoms with Gasteiger partial charge in [-0.3, -0.25) is 10.1 Å². The molecule has 0 unspecified atom stereocenters. The van der Waals surface area contributed by atoms with Crippen LogP contribution in [0.2, 0.25) is 0 Å². The summed E-state index contributed by atoms with van der Waals surface area (Å²) in [6.07, 6.45) is 2.37. The van der Waals surface area contributed by atoms with Gasteiger partial charge in [-0.25, -0.2) is 13.1 Å². The van der Waals surface area contributed by atoms with Crippen molar-refractivity contribution in [1.29, 1.82) is 0 Å². The van der Waals surface area contributed by atoms with E-state index in [1.165, 1.54) is 6.92 Å². The van der Waals surface area contributed by atoms with Crippen LogP contribution >= 0.6 is 0 Å².